The lowest BCUT2D eigenvalue weighted by atomic mass is 9.93. The molecule has 0 bridgehead atoms. The number of hydrogen-bond acceptors (Lipinski definition) is 7. The van der Waals surface area contributed by atoms with Gasteiger partial charge >= 0.3 is 0 Å². The first kappa shape index (κ1) is 27.4. The predicted octanol–water partition coefficient (Wildman–Crippen LogP) is 4.52. The van der Waals surface area contributed by atoms with Crippen LogP contribution < -0.4 is 18.9 Å². The Hall–Kier alpha value is -3.21. The summed E-state index contributed by atoms with van der Waals surface area (Å²) < 4.78 is 55.5. The van der Waals surface area contributed by atoms with Crippen molar-refractivity contribution in [2.75, 3.05) is 25.2 Å². The molecule has 2 aliphatic rings. The molecule has 0 spiro atoms. The molecule has 5 rings (SSSR count). The lowest BCUT2D eigenvalue weighted by molar-refractivity contribution is -0.118. The summed E-state index contributed by atoms with van der Waals surface area (Å²) in [7, 11) is -3.01. The van der Waals surface area contributed by atoms with Gasteiger partial charge in [-0.25, -0.2) is 8.42 Å². The van der Waals surface area contributed by atoms with Crippen molar-refractivity contribution in [1.82, 2.24) is 4.72 Å². The predicted molar refractivity (Wildman–Crippen MR) is 150 cm³/mol. The Balaban J connectivity index is 1.31. The van der Waals surface area contributed by atoms with Gasteiger partial charge in [0.2, 0.25) is 0 Å². The molecule has 1 N–H and O–H groups in total. The van der Waals surface area contributed by atoms with Crippen LogP contribution >= 0.6 is 0 Å². The van der Waals surface area contributed by atoms with Gasteiger partial charge in [-0.2, -0.15) is 4.72 Å². The fraction of sp³-hybridized carbons (Fsp3) is 0.345. The maximum atomic E-state index is 12.1. The lowest BCUT2D eigenvalue weighted by Crippen LogP contribution is -2.21. The zero-order chi connectivity index (χ0) is 27.7. The number of rotatable bonds is 9. The van der Waals surface area contributed by atoms with Crippen molar-refractivity contribution < 1.29 is 32.0 Å². The van der Waals surface area contributed by atoms with E-state index in [9.17, 15) is 17.8 Å². The minimum absolute atomic E-state index is 0.101. The standard InChI is InChI=1S/C29H31NO7S2/c1-18-14-22(35-12-5-13-39(3,33)34)15-19(2)28(18)24-7-4-6-23-25(17-36-29(23)24)37-21-10-8-20(9-11-21)26-16-27(31)30-38(26)32/h4,6-11,14-15,25-26H,5,12-13,16-17H2,1-3H3,(H,30,31)/t25-,26?,38?/m1/s1. The third-order valence-corrected chi connectivity index (χ3v) is 9.26. The maximum Gasteiger partial charge on any atom is 0.266 e. The number of carbonyl (C=O) groups excluding carboxylic acids is 1. The molecule has 2 aliphatic heterocycles. The van der Waals surface area contributed by atoms with Crippen LogP contribution in [0, 0.1) is 13.8 Å². The molecule has 1 fully saturated rings. The fourth-order valence-corrected chi connectivity index (χ4v) is 6.89. The Morgan fingerprint density at radius 1 is 1.08 bits per heavy atom. The van der Waals surface area contributed by atoms with Crippen molar-refractivity contribution in [2.24, 2.45) is 0 Å². The van der Waals surface area contributed by atoms with E-state index < -0.39 is 21.2 Å². The number of fused-ring (bicyclic) bond motifs is 1. The number of sulfone groups is 1. The van der Waals surface area contributed by atoms with Crippen LogP contribution in [0.1, 0.15) is 46.4 Å². The summed E-state index contributed by atoms with van der Waals surface area (Å²) in [5.74, 6) is 2.06. The van der Waals surface area contributed by atoms with Crippen LogP contribution in [0.15, 0.2) is 54.6 Å². The maximum absolute atomic E-state index is 12.1. The molecule has 1 saturated heterocycles. The molecule has 8 nitrogen and oxygen atoms in total. The van der Waals surface area contributed by atoms with Crippen LogP contribution in [0.5, 0.6) is 17.2 Å². The largest absolute Gasteiger partial charge is 0.593 e. The van der Waals surface area contributed by atoms with Gasteiger partial charge in [-0.15, -0.1) is 0 Å². The smallest absolute Gasteiger partial charge is 0.266 e. The first-order chi connectivity index (χ1) is 18.6. The highest BCUT2D eigenvalue weighted by Crippen LogP contribution is 2.45. The van der Waals surface area contributed by atoms with E-state index >= 15 is 0 Å². The van der Waals surface area contributed by atoms with Crippen molar-refractivity contribution in [3.63, 3.8) is 0 Å². The van der Waals surface area contributed by atoms with E-state index in [2.05, 4.69) is 4.72 Å². The van der Waals surface area contributed by atoms with Crippen molar-refractivity contribution >= 4 is 27.1 Å². The zero-order valence-electron chi connectivity index (χ0n) is 22.1. The summed E-state index contributed by atoms with van der Waals surface area (Å²) in [4.78, 5) is 11.6. The highest BCUT2D eigenvalue weighted by atomic mass is 32.2. The molecule has 0 saturated carbocycles. The summed E-state index contributed by atoms with van der Waals surface area (Å²) in [6.45, 7) is 4.76. The van der Waals surface area contributed by atoms with Gasteiger partial charge in [-0.1, -0.05) is 30.3 Å². The average molecular weight is 570 g/mol. The Morgan fingerprint density at radius 3 is 2.44 bits per heavy atom. The number of amides is 1. The molecule has 0 aromatic heterocycles. The Bertz CT molecular complexity index is 1460. The number of ether oxygens (including phenoxy) is 3. The third-order valence-electron chi connectivity index (χ3n) is 6.85. The SMILES string of the molecule is Cc1cc(OCCCS(C)(=O)=O)cc(C)c1-c1cccc2c1OC[C@H]2Oc1ccc(C2CC(=O)N[S+]2[O-])cc1. The van der Waals surface area contributed by atoms with E-state index in [1.165, 1.54) is 6.26 Å². The highest BCUT2D eigenvalue weighted by Gasteiger charge is 2.37. The van der Waals surface area contributed by atoms with Gasteiger partial charge in [0.15, 0.2) is 11.4 Å². The molecule has 3 aromatic rings. The number of aryl methyl sites for hydroxylation is 2. The van der Waals surface area contributed by atoms with Gasteiger partial charge < -0.3 is 18.8 Å². The van der Waals surface area contributed by atoms with Gasteiger partial charge in [0.05, 0.1) is 30.1 Å². The second kappa shape index (κ2) is 11.1. The second-order valence-electron chi connectivity index (χ2n) is 9.99. The minimum Gasteiger partial charge on any atom is -0.593 e. The van der Waals surface area contributed by atoms with Crippen molar-refractivity contribution in [3.05, 3.63) is 76.9 Å². The van der Waals surface area contributed by atoms with E-state index in [4.69, 9.17) is 14.2 Å². The van der Waals surface area contributed by atoms with Crippen LogP contribution in [0.4, 0.5) is 0 Å². The van der Waals surface area contributed by atoms with Crippen molar-refractivity contribution in [1.29, 1.82) is 0 Å². The van der Waals surface area contributed by atoms with Crippen molar-refractivity contribution in [2.45, 2.75) is 38.0 Å². The van der Waals surface area contributed by atoms with Gasteiger partial charge in [0, 0.05) is 22.9 Å². The summed E-state index contributed by atoms with van der Waals surface area (Å²) in [5, 5.41) is -0.347. The first-order valence-electron chi connectivity index (χ1n) is 12.7. The van der Waals surface area contributed by atoms with Gasteiger partial charge in [0.25, 0.3) is 5.91 Å². The molecule has 0 radical (unpaired) electrons. The first-order valence-corrected chi connectivity index (χ1v) is 16.0. The Labute approximate surface area is 231 Å². The van der Waals surface area contributed by atoms with Crippen LogP contribution in [0.25, 0.3) is 11.1 Å². The van der Waals surface area contributed by atoms with Crippen LogP contribution in [-0.2, 0) is 26.0 Å². The quantitative estimate of drug-likeness (QED) is 0.298. The molecule has 2 unspecified atom stereocenters. The minimum atomic E-state index is -3.01. The molecule has 0 aliphatic carbocycles. The number of benzene rings is 3. The van der Waals surface area contributed by atoms with Crippen molar-refractivity contribution in [3.8, 4) is 28.4 Å². The highest BCUT2D eigenvalue weighted by molar-refractivity contribution is 7.91. The summed E-state index contributed by atoms with van der Waals surface area (Å²) >= 11 is -1.40. The van der Waals surface area contributed by atoms with Gasteiger partial charge in [0.1, 0.15) is 33.7 Å². The monoisotopic (exact) mass is 569 g/mol. The van der Waals surface area contributed by atoms with Crippen LogP contribution in [0.2, 0.25) is 0 Å². The van der Waals surface area contributed by atoms with E-state index in [-0.39, 0.29) is 29.4 Å². The van der Waals surface area contributed by atoms with Gasteiger partial charge in [-0.3, -0.25) is 4.79 Å². The topological polar surface area (TPSA) is 114 Å². The van der Waals surface area contributed by atoms with Gasteiger partial charge in [-0.05, 0) is 61.2 Å². The molecule has 206 valence electrons. The number of para-hydroxylation sites is 1. The molecule has 2 heterocycles. The molecular weight excluding hydrogens is 538 g/mol. The van der Waals surface area contributed by atoms with E-state index in [0.29, 0.717) is 31.1 Å². The summed E-state index contributed by atoms with van der Waals surface area (Å²) in [5.41, 5.74) is 5.90. The lowest BCUT2D eigenvalue weighted by Gasteiger charge is -2.17. The number of hydrogen-bond donors (Lipinski definition) is 1. The summed E-state index contributed by atoms with van der Waals surface area (Å²) in [6.07, 6.45) is 1.60. The number of nitrogens with one attached hydrogen (secondary N) is 1. The van der Waals surface area contributed by atoms with Crippen LogP contribution in [-0.4, -0.2) is 44.1 Å². The Kier molecular flexibility index (Phi) is 7.80. The zero-order valence-corrected chi connectivity index (χ0v) is 23.7. The fourth-order valence-electron chi connectivity index (χ4n) is 5.09. The van der Waals surface area contributed by atoms with E-state index in [0.717, 1.165) is 39.1 Å². The van der Waals surface area contributed by atoms with Crippen LogP contribution in [0.3, 0.4) is 0 Å². The molecular formula is C29H31NO7S2. The molecule has 10 heteroatoms. The second-order valence-corrected chi connectivity index (χ2v) is 13.6. The Morgan fingerprint density at radius 2 is 1.79 bits per heavy atom. The normalized spacial score (nSPS) is 20.3. The molecule has 39 heavy (non-hydrogen) atoms. The molecule has 1 amide bonds. The summed E-state index contributed by atoms with van der Waals surface area (Å²) in [6, 6.07) is 17.3. The van der Waals surface area contributed by atoms with E-state index in [1.54, 1.807) is 0 Å². The number of carbonyl (C=O) groups is 1. The third kappa shape index (κ3) is 6.18. The van der Waals surface area contributed by atoms with E-state index in [1.807, 2.05) is 68.4 Å². The average Bonchev–Trinajstić information content (AvgIpc) is 3.44. The molecule has 3 atom stereocenters. The molecule has 3 aromatic carbocycles.